The maximum atomic E-state index is 12.9. The second-order valence-electron chi connectivity index (χ2n) is 5.58. The van der Waals surface area contributed by atoms with Crippen molar-refractivity contribution >= 4 is 11.7 Å². The van der Waals surface area contributed by atoms with Gasteiger partial charge in [0.1, 0.15) is 0 Å². The molecule has 0 fully saturated rings. The van der Waals surface area contributed by atoms with Crippen molar-refractivity contribution < 1.29 is 32.3 Å². The first-order valence-electron chi connectivity index (χ1n) is 7.93. The van der Waals surface area contributed by atoms with Crippen molar-refractivity contribution in [3.05, 3.63) is 45.3 Å². The molecule has 11 nitrogen and oxygen atoms in total. The van der Waals surface area contributed by atoms with Gasteiger partial charge in [-0.3, -0.25) is 10.1 Å². The van der Waals surface area contributed by atoms with Crippen LogP contribution in [0.5, 0.6) is 0 Å². The highest BCUT2D eigenvalue weighted by molar-refractivity contribution is 5.88. The van der Waals surface area contributed by atoms with Crippen LogP contribution in [0.2, 0.25) is 0 Å². The molecular weight excluding hydrogens is 401 g/mol. The average molecular weight is 412 g/mol. The highest BCUT2D eigenvalue weighted by Crippen LogP contribution is 2.37. The Bertz CT molecular complexity index is 1090. The molecule has 3 aromatic rings. The first kappa shape index (κ1) is 19.9. The molecule has 0 saturated carbocycles. The summed E-state index contributed by atoms with van der Waals surface area (Å²) in [6, 6.07) is 1.92. The highest BCUT2D eigenvalue weighted by atomic mass is 19.4. The molecule has 14 heteroatoms. The first-order valence-corrected chi connectivity index (χ1v) is 7.93. The van der Waals surface area contributed by atoms with Crippen molar-refractivity contribution in [3.63, 3.8) is 0 Å². The Morgan fingerprint density at radius 3 is 2.69 bits per heavy atom. The number of ether oxygens (including phenoxy) is 1. The fourth-order valence-electron chi connectivity index (χ4n) is 2.47. The van der Waals surface area contributed by atoms with Gasteiger partial charge in [-0.05, 0) is 36.3 Å². The molecule has 0 aliphatic rings. The lowest BCUT2D eigenvalue weighted by molar-refractivity contribution is -0.384. The van der Waals surface area contributed by atoms with E-state index in [0.29, 0.717) is 12.1 Å². The van der Waals surface area contributed by atoms with Gasteiger partial charge in [-0.2, -0.15) is 17.9 Å². The van der Waals surface area contributed by atoms with Crippen LogP contribution in [0.15, 0.2) is 22.8 Å². The van der Waals surface area contributed by atoms with Gasteiger partial charge in [0.25, 0.3) is 5.69 Å². The third kappa shape index (κ3) is 3.63. The lowest BCUT2D eigenvalue weighted by Gasteiger charge is -2.08. The Morgan fingerprint density at radius 1 is 1.34 bits per heavy atom. The number of nitrogens with zero attached hydrogens (tertiary/aromatic N) is 6. The number of hydrogen-bond acceptors (Lipinski definition) is 9. The van der Waals surface area contributed by atoms with Gasteiger partial charge < -0.3 is 4.74 Å². The number of nitro benzene ring substituents is 1. The summed E-state index contributed by atoms with van der Waals surface area (Å²) in [7, 11) is 0. The van der Waals surface area contributed by atoms with Crippen LogP contribution < -0.4 is 0 Å². The summed E-state index contributed by atoms with van der Waals surface area (Å²) >= 11 is 0. The predicted octanol–water partition coefficient (Wildman–Crippen LogP) is 2.73. The Labute approximate surface area is 159 Å². The molecule has 0 saturated heterocycles. The highest BCUT2D eigenvalue weighted by Gasteiger charge is 2.34. The van der Waals surface area contributed by atoms with Crippen LogP contribution in [-0.2, 0) is 10.9 Å². The summed E-state index contributed by atoms with van der Waals surface area (Å²) in [6.07, 6.45) is -4.77. The van der Waals surface area contributed by atoms with E-state index in [1.54, 1.807) is 6.92 Å². The zero-order valence-corrected chi connectivity index (χ0v) is 14.8. The van der Waals surface area contributed by atoms with Crippen LogP contribution in [0.1, 0.15) is 28.7 Å². The van der Waals surface area contributed by atoms with Gasteiger partial charge >= 0.3 is 12.1 Å². The number of nitro groups is 1. The number of hydrogen-bond donors (Lipinski definition) is 0. The van der Waals surface area contributed by atoms with Gasteiger partial charge in [0.2, 0.25) is 5.82 Å². The molecule has 0 aliphatic carbocycles. The van der Waals surface area contributed by atoms with E-state index in [0.717, 1.165) is 10.7 Å². The summed E-state index contributed by atoms with van der Waals surface area (Å²) in [4.78, 5) is 22.2. The quantitative estimate of drug-likeness (QED) is 0.351. The summed E-state index contributed by atoms with van der Waals surface area (Å²) in [5.74, 6) is -0.955. The maximum Gasteiger partial charge on any atom is 0.416 e. The normalized spacial score (nSPS) is 11.5. The van der Waals surface area contributed by atoms with E-state index in [1.807, 2.05) is 0 Å². The molecule has 0 radical (unpaired) electrons. The van der Waals surface area contributed by atoms with Crippen LogP contribution in [0.3, 0.4) is 0 Å². The van der Waals surface area contributed by atoms with Crippen LogP contribution in [0.4, 0.5) is 18.9 Å². The molecular formula is C15H11F3N6O5. The number of halogens is 3. The SMILES string of the molecule is CCOC(=O)c1nnn(-c2nonc2-c2ccc(C(F)(F)F)cc2[N+](=O)[O-])c1C. The number of alkyl halides is 3. The van der Waals surface area contributed by atoms with Crippen molar-refractivity contribution in [2.75, 3.05) is 6.61 Å². The monoisotopic (exact) mass is 412 g/mol. The van der Waals surface area contributed by atoms with Gasteiger partial charge in [0, 0.05) is 6.07 Å². The minimum Gasteiger partial charge on any atom is -0.461 e. The Balaban J connectivity index is 2.13. The second kappa shape index (κ2) is 7.29. The molecule has 0 atom stereocenters. The minimum atomic E-state index is -4.77. The lowest BCUT2D eigenvalue weighted by atomic mass is 10.1. The van der Waals surface area contributed by atoms with Crippen LogP contribution >= 0.6 is 0 Å². The second-order valence-corrected chi connectivity index (χ2v) is 5.58. The molecule has 29 heavy (non-hydrogen) atoms. The molecule has 2 aromatic heterocycles. The van der Waals surface area contributed by atoms with Gasteiger partial charge in [-0.25, -0.2) is 9.42 Å². The molecule has 0 N–H and O–H groups in total. The van der Waals surface area contributed by atoms with Crippen LogP contribution in [0.25, 0.3) is 17.1 Å². The van der Waals surface area contributed by atoms with Crippen molar-refractivity contribution in [2.45, 2.75) is 20.0 Å². The Kier molecular flexibility index (Phi) is 5.01. The lowest BCUT2D eigenvalue weighted by Crippen LogP contribution is -2.08. The fourth-order valence-corrected chi connectivity index (χ4v) is 2.47. The third-order valence-electron chi connectivity index (χ3n) is 3.81. The maximum absolute atomic E-state index is 12.9. The van der Waals surface area contributed by atoms with E-state index >= 15 is 0 Å². The predicted molar refractivity (Wildman–Crippen MR) is 87.0 cm³/mol. The summed E-state index contributed by atoms with van der Waals surface area (Å²) in [6.45, 7) is 3.15. The van der Waals surface area contributed by atoms with Gasteiger partial charge in [0.15, 0.2) is 11.4 Å². The standard InChI is InChI=1S/C15H11F3N6O5/c1-3-28-14(25)11-7(2)23(22-19-11)13-12(20-29-21-13)9-5-4-8(15(16,17)18)6-10(9)24(26)27/h4-6H,3H2,1-2H3. The van der Waals surface area contributed by atoms with Crippen molar-refractivity contribution in [1.29, 1.82) is 0 Å². The molecule has 0 spiro atoms. The minimum absolute atomic E-state index is 0.0969. The molecule has 0 unspecified atom stereocenters. The van der Waals surface area contributed by atoms with Crippen LogP contribution in [0, 0.1) is 17.0 Å². The van der Waals surface area contributed by atoms with E-state index in [1.165, 1.54) is 6.92 Å². The summed E-state index contributed by atoms with van der Waals surface area (Å²) < 4.78 is 49.2. The molecule has 0 amide bonds. The van der Waals surface area contributed by atoms with Crippen LogP contribution in [-0.4, -0.2) is 42.8 Å². The van der Waals surface area contributed by atoms with Crippen molar-refractivity contribution in [3.8, 4) is 17.1 Å². The molecule has 152 valence electrons. The smallest absolute Gasteiger partial charge is 0.416 e. The average Bonchev–Trinajstić information content (AvgIpc) is 3.26. The number of carbonyl (C=O) groups is 1. The molecule has 0 aliphatic heterocycles. The van der Waals surface area contributed by atoms with E-state index in [9.17, 15) is 28.1 Å². The number of aromatic nitrogens is 5. The van der Waals surface area contributed by atoms with Crippen molar-refractivity contribution in [2.24, 2.45) is 0 Å². The van der Waals surface area contributed by atoms with E-state index in [-0.39, 0.29) is 35.1 Å². The zero-order chi connectivity index (χ0) is 21.3. The fraction of sp³-hybridized carbons (Fsp3) is 0.267. The molecule has 0 bridgehead atoms. The Morgan fingerprint density at radius 2 is 2.07 bits per heavy atom. The Hall–Kier alpha value is -3.84. The number of benzene rings is 1. The summed E-state index contributed by atoms with van der Waals surface area (Å²) in [5, 5.41) is 25.9. The van der Waals surface area contributed by atoms with Crippen molar-refractivity contribution in [1.82, 2.24) is 25.3 Å². The molecule has 1 aromatic carbocycles. The number of carbonyl (C=O) groups excluding carboxylic acids is 1. The molecule has 3 rings (SSSR count). The van der Waals surface area contributed by atoms with E-state index in [2.05, 4.69) is 25.3 Å². The van der Waals surface area contributed by atoms with E-state index < -0.39 is 28.3 Å². The summed E-state index contributed by atoms with van der Waals surface area (Å²) in [5.41, 5.74) is -2.58. The third-order valence-corrected chi connectivity index (χ3v) is 3.81. The van der Waals surface area contributed by atoms with Gasteiger partial charge in [-0.1, -0.05) is 5.21 Å². The first-order chi connectivity index (χ1) is 13.6. The zero-order valence-electron chi connectivity index (χ0n) is 14.8. The number of esters is 1. The van der Waals surface area contributed by atoms with Gasteiger partial charge in [-0.15, -0.1) is 5.10 Å². The van der Waals surface area contributed by atoms with E-state index in [4.69, 9.17) is 4.74 Å². The topological polar surface area (TPSA) is 139 Å². The molecule has 2 heterocycles. The largest absolute Gasteiger partial charge is 0.461 e. The number of rotatable bonds is 5. The van der Waals surface area contributed by atoms with Gasteiger partial charge in [0.05, 0.1) is 28.4 Å².